The Morgan fingerprint density at radius 1 is 1.47 bits per heavy atom. The second-order valence-corrected chi connectivity index (χ2v) is 5.46. The second-order valence-electron chi connectivity index (χ2n) is 4.82. The SMILES string of the molecule is CCCc1c(OCC(C)CBr)ccc(C(C)=O)c1O. The van der Waals surface area contributed by atoms with Gasteiger partial charge >= 0.3 is 0 Å². The summed E-state index contributed by atoms with van der Waals surface area (Å²) < 4.78 is 5.76. The van der Waals surface area contributed by atoms with Crippen LogP contribution in [0, 0.1) is 5.92 Å². The molecule has 0 aliphatic rings. The number of carbonyl (C=O) groups excluding carboxylic acids is 1. The molecular formula is C15H21BrO3. The average molecular weight is 329 g/mol. The number of phenolic OH excluding ortho intramolecular Hbond substituents is 1. The normalized spacial score (nSPS) is 12.2. The molecular weight excluding hydrogens is 308 g/mol. The van der Waals surface area contributed by atoms with E-state index in [4.69, 9.17) is 4.74 Å². The second kappa shape index (κ2) is 7.53. The van der Waals surface area contributed by atoms with Gasteiger partial charge in [-0.3, -0.25) is 4.79 Å². The number of Topliss-reactive ketones (excluding diaryl/α,β-unsaturated/α-hetero) is 1. The number of ketones is 1. The summed E-state index contributed by atoms with van der Waals surface area (Å²) in [6.07, 6.45) is 1.59. The number of carbonyl (C=O) groups is 1. The van der Waals surface area contributed by atoms with Crippen LogP contribution in [-0.2, 0) is 6.42 Å². The van der Waals surface area contributed by atoms with Crippen LogP contribution in [-0.4, -0.2) is 22.8 Å². The third kappa shape index (κ3) is 4.23. The maximum absolute atomic E-state index is 11.4. The highest BCUT2D eigenvalue weighted by molar-refractivity contribution is 9.09. The third-order valence-electron chi connectivity index (χ3n) is 2.91. The van der Waals surface area contributed by atoms with Crippen molar-refractivity contribution in [2.24, 2.45) is 5.92 Å². The fraction of sp³-hybridized carbons (Fsp3) is 0.533. The van der Waals surface area contributed by atoms with Crippen molar-refractivity contribution in [2.45, 2.75) is 33.6 Å². The summed E-state index contributed by atoms with van der Waals surface area (Å²) in [4.78, 5) is 11.4. The average Bonchev–Trinajstić information content (AvgIpc) is 2.38. The van der Waals surface area contributed by atoms with Crippen LogP contribution in [0.2, 0.25) is 0 Å². The predicted octanol–water partition coefficient (Wildman–Crippen LogP) is 3.96. The summed E-state index contributed by atoms with van der Waals surface area (Å²) in [5.74, 6) is 1.01. The van der Waals surface area contributed by atoms with Crippen molar-refractivity contribution in [2.75, 3.05) is 11.9 Å². The van der Waals surface area contributed by atoms with Crippen molar-refractivity contribution in [3.8, 4) is 11.5 Å². The molecule has 106 valence electrons. The molecule has 1 aromatic carbocycles. The van der Waals surface area contributed by atoms with Crippen LogP contribution in [0.3, 0.4) is 0 Å². The number of ether oxygens (including phenoxy) is 1. The third-order valence-corrected chi connectivity index (χ3v) is 4.01. The molecule has 0 saturated carbocycles. The first kappa shape index (κ1) is 16.0. The first-order valence-corrected chi connectivity index (χ1v) is 7.67. The highest BCUT2D eigenvalue weighted by atomic mass is 79.9. The minimum Gasteiger partial charge on any atom is -0.507 e. The summed E-state index contributed by atoms with van der Waals surface area (Å²) in [5.41, 5.74) is 1.10. The highest BCUT2D eigenvalue weighted by Gasteiger charge is 2.16. The Labute approximate surface area is 123 Å². The molecule has 0 aromatic heterocycles. The van der Waals surface area contributed by atoms with Crippen molar-refractivity contribution in [1.82, 2.24) is 0 Å². The van der Waals surface area contributed by atoms with Crippen LogP contribution in [0.5, 0.6) is 11.5 Å². The number of rotatable bonds is 7. The summed E-state index contributed by atoms with van der Waals surface area (Å²) in [6.45, 7) is 6.15. The molecule has 0 bridgehead atoms. The molecule has 0 heterocycles. The lowest BCUT2D eigenvalue weighted by molar-refractivity contribution is 0.101. The van der Waals surface area contributed by atoms with Crippen LogP contribution in [0.1, 0.15) is 43.1 Å². The highest BCUT2D eigenvalue weighted by Crippen LogP contribution is 2.33. The molecule has 4 heteroatoms. The maximum atomic E-state index is 11.4. The van der Waals surface area contributed by atoms with E-state index in [9.17, 15) is 9.90 Å². The molecule has 1 rings (SSSR count). The molecule has 19 heavy (non-hydrogen) atoms. The Bertz CT molecular complexity index is 443. The van der Waals surface area contributed by atoms with E-state index in [-0.39, 0.29) is 11.5 Å². The van der Waals surface area contributed by atoms with Crippen LogP contribution in [0.25, 0.3) is 0 Å². The van der Waals surface area contributed by atoms with Crippen LogP contribution >= 0.6 is 15.9 Å². The topological polar surface area (TPSA) is 46.5 Å². The van der Waals surface area contributed by atoms with Crippen molar-refractivity contribution in [3.05, 3.63) is 23.3 Å². The van der Waals surface area contributed by atoms with Gasteiger partial charge in [0, 0.05) is 10.9 Å². The van der Waals surface area contributed by atoms with E-state index in [1.165, 1.54) is 6.92 Å². The van der Waals surface area contributed by atoms with E-state index in [1.54, 1.807) is 12.1 Å². The van der Waals surface area contributed by atoms with Crippen molar-refractivity contribution in [1.29, 1.82) is 0 Å². The summed E-state index contributed by atoms with van der Waals surface area (Å²) in [7, 11) is 0. The lowest BCUT2D eigenvalue weighted by Gasteiger charge is -2.16. The van der Waals surface area contributed by atoms with E-state index in [1.807, 2.05) is 6.92 Å². The molecule has 0 saturated heterocycles. The largest absolute Gasteiger partial charge is 0.507 e. The quantitative estimate of drug-likeness (QED) is 0.608. The zero-order valence-corrected chi connectivity index (χ0v) is 13.3. The van der Waals surface area contributed by atoms with Gasteiger partial charge in [-0.25, -0.2) is 0 Å². The van der Waals surface area contributed by atoms with E-state index >= 15 is 0 Å². The summed E-state index contributed by atoms with van der Waals surface area (Å²) in [5, 5.41) is 11.1. The Hall–Kier alpha value is -1.03. The van der Waals surface area contributed by atoms with Gasteiger partial charge in [0.25, 0.3) is 0 Å². The number of benzene rings is 1. The van der Waals surface area contributed by atoms with E-state index < -0.39 is 0 Å². The predicted molar refractivity (Wildman–Crippen MR) is 80.6 cm³/mol. The number of aromatic hydroxyl groups is 1. The molecule has 1 N–H and O–H groups in total. The van der Waals surface area contributed by atoms with Crippen molar-refractivity contribution < 1.29 is 14.6 Å². The smallest absolute Gasteiger partial charge is 0.163 e. The lowest BCUT2D eigenvalue weighted by Crippen LogP contribution is -2.11. The molecule has 0 aliphatic heterocycles. The number of hydrogen-bond acceptors (Lipinski definition) is 3. The zero-order chi connectivity index (χ0) is 14.4. The Morgan fingerprint density at radius 2 is 2.16 bits per heavy atom. The fourth-order valence-electron chi connectivity index (χ4n) is 1.81. The molecule has 1 aromatic rings. The molecule has 3 nitrogen and oxygen atoms in total. The Morgan fingerprint density at radius 3 is 2.68 bits per heavy atom. The van der Waals surface area contributed by atoms with Gasteiger partial charge in [0.05, 0.1) is 12.2 Å². The number of phenols is 1. The molecule has 1 unspecified atom stereocenters. The first-order valence-electron chi connectivity index (χ1n) is 6.55. The minimum absolute atomic E-state index is 0.0679. The van der Waals surface area contributed by atoms with Gasteiger partial charge in [0.2, 0.25) is 0 Å². The fourth-order valence-corrected chi connectivity index (χ4v) is 1.99. The van der Waals surface area contributed by atoms with Gasteiger partial charge in [0.1, 0.15) is 11.5 Å². The number of halogens is 1. The zero-order valence-electron chi connectivity index (χ0n) is 11.7. The minimum atomic E-state index is -0.129. The summed E-state index contributed by atoms with van der Waals surface area (Å²) in [6, 6.07) is 3.41. The molecule has 1 atom stereocenters. The standard InChI is InChI=1S/C15H21BrO3/c1-4-5-13-14(19-9-10(2)8-16)7-6-12(11(3)17)15(13)18/h6-7,10,18H,4-5,8-9H2,1-3H3. The molecule has 0 aliphatic carbocycles. The van der Waals surface area contributed by atoms with Crippen molar-refractivity contribution >= 4 is 21.7 Å². The van der Waals surface area contributed by atoms with Crippen molar-refractivity contribution in [3.63, 3.8) is 0 Å². The van der Waals surface area contributed by atoms with E-state index in [0.29, 0.717) is 30.3 Å². The van der Waals surface area contributed by atoms with E-state index in [2.05, 4.69) is 22.9 Å². The molecule has 0 fully saturated rings. The molecule has 0 spiro atoms. The van der Waals surface area contributed by atoms with E-state index in [0.717, 1.165) is 17.3 Å². The van der Waals surface area contributed by atoms with Gasteiger partial charge in [-0.2, -0.15) is 0 Å². The number of alkyl halides is 1. The van der Waals surface area contributed by atoms with Crippen LogP contribution < -0.4 is 4.74 Å². The Balaban J connectivity index is 3.03. The van der Waals surface area contributed by atoms with Crippen LogP contribution in [0.4, 0.5) is 0 Å². The van der Waals surface area contributed by atoms with Gasteiger partial charge in [0.15, 0.2) is 5.78 Å². The summed E-state index contributed by atoms with van der Waals surface area (Å²) >= 11 is 3.41. The first-order chi connectivity index (χ1) is 9.01. The molecule has 0 amide bonds. The lowest BCUT2D eigenvalue weighted by atomic mass is 10.0. The van der Waals surface area contributed by atoms with Crippen LogP contribution in [0.15, 0.2) is 12.1 Å². The van der Waals surface area contributed by atoms with Gasteiger partial charge in [-0.1, -0.05) is 36.2 Å². The van der Waals surface area contributed by atoms with Gasteiger partial charge < -0.3 is 9.84 Å². The monoisotopic (exact) mass is 328 g/mol. The maximum Gasteiger partial charge on any atom is 0.163 e. The number of hydrogen-bond donors (Lipinski definition) is 1. The Kier molecular flexibility index (Phi) is 6.35. The molecule has 0 radical (unpaired) electrons. The van der Waals surface area contributed by atoms with Gasteiger partial charge in [-0.05, 0) is 31.4 Å². The van der Waals surface area contributed by atoms with Gasteiger partial charge in [-0.15, -0.1) is 0 Å².